The number of benzene rings is 2. The number of azo groups is 1. The van der Waals surface area contributed by atoms with Gasteiger partial charge in [-0.2, -0.15) is 5.11 Å². The van der Waals surface area contributed by atoms with Crippen molar-refractivity contribution in [3.05, 3.63) is 59.5 Å². The first kappa shape index (κ1) is 16.3. The van der Waals surface area contributed by atoms with Crippen LogP contribution in [0.5, 0.6) is 0 Å². The molecule has 0 saturated carbocycles. The average molecular weight is 408 g/mol. The molecule has 0 fully saturated rings. The minimum Gasteiger partial charge on any atom is -0.382 e. The smallest absolute Gasteiger partial charge is 0.163 e. The molecule has 4 aromatic rings. The molecule has 2 aromatic carbocycles. The molecule has 0 amide bonds. The maximum atomic E-state index is 6.01. The number of fused-ring (bicyclic) bond motifs is 1. The number of pyridine rings is 1. The van der Waals surface area contributed by atoms with Gasteiger partial charge in [0.1, 0.15) is 12.0 Å². The molecule has 4 rings (SSSR count). The molecule has 2 heterocycles. The average Bonchev–Trinajstić information content (AvgIpc) is 3.07. The SMILES string of the molecule is Cn1cnnc1-c1ccc(N=Nc2c(N)ncc3ccc(Br)cc23)cc1. The van der Waals surface area contributed by atoms with Crippen molar-refractivity contribution in [2.45, 2.75) is 0 Å². The highest BCUT2D eigenvalue weighted by Gasteiger charge is 2.08. The summed E-state index contributed by atoms with van der Waals surface area (Å²) in [6.45, 7) is 0. The molecule has 0 unspecified atom stereocenters. The summed E-state index contributed by atoms with van der Waals surface area (Å²) < 4.78 is 2.80. The van der Waals surface area contributed by atoms with Crippen molar-refractivity contribution in [1.29, 1.82) is 0 Å². The minimum absolute atomic E-state index is 0.343. The molecule has 0 aliphatic rings. The fourth-order valence-electron chi connectivity index (χ4n) is 2.62. The molecule has 0 aliphatic carbocycles. The van der Waals surface area contributed by atoms with E-state index in [0.717, 1.165) is 26.6 Å². The molecule has 0 aliphatic heterocycles. The third kappa shape index (κ3) is 3.06. The molecule has 7 nitrogen and oxygen atoms in total. The highest BCUT2D eigenvalue weighted by atomic mass is 79.9. The second kappa shape index (κ2) is 6.64. The van der Waals surface area contributed by atoms with Crippen LogP contribution in [-0.2, 0) is 7.05 Å². The Labute approximate surface area is 157 Å². The fraction of sp³-hybridized carbons (Fsp3) is 0.0556. The van der Waals surface area contributed by atoms with Crippen LogP contribution in [0.3, 0.4) is 0 Å². The van der Waals surface area contributed by atoms with Gasteiger partial charge in [-0.15, -0.1) is 15.3 Å². The van der Waals surface area contributed by atoms with Gasteiger partial charge in [-0.25, -0.2) is 4.98 Å². The summed E-state index contributed by atoms with van der Waals surface area (Å²) in [4.78, 5) is 4.20. The summed E-state index contributed by atoms with van der Waals surface area (Å²) in [6, 6.07) is 13.5. The lowest BCUT2D eigenvalue weighted by molar-refractivity contribution is 0.920. The topological polar surface area (TPSA) is 94.3 Å². The van der Waals surface area contributed by atoms with E-state index in [1.165, 1.54) is 0 Å². The molecule has 2 N–H and O–H groups in total. The van der Waals surface area contributed by atoms with Crippen molar-refractivity contribution < 1.29 is 0 Å². The largest absolute Gasteiger partial charge is 0.382 e. The van der Waals surface area contributed by atoms with Crippen molar-refractivity contribution >= 4 is 43.9 Å². The number of hydrogen-bond donors (Lipinski definition) is 1. The first-order valence-corrected chi connectivity index (χ1v) is 8.61. The molecule has 0 bridgehead atoms. The zero-order chi connectivity index (χ0) is 18.1. The molecule has 0 atom stereocenters. The van der Waals surface area contributed by atoms with Gasteiger partial charge in [0.15, 0.2) is 11.6 Å². The van der Waals surface area contributed by atoms with Crippen LogP contribution in [-0.4, -0.2) is 19.7 Å². The fourth-order valence-corrected chi connectivity index (χ4v) is 2.98. The summed E-state index contributed by atoms with van der Waals surface area (Å²) in [6.07, 6.45) is 3.39. The van der Waals surface area contributed by atoms with E-state index in [-0.39, 0.29) is 0 Å². The van der Waals surface area contributed by atoms with Crippen LogP contribution in [0.4, 0.5) is 17.2 Å². The number of anilines is 1. The molecular weight excluding hydrogens is 394 g/mol. The maximum Gasteiger partial charge on any atom is 0.163 e. The van der Waals surface area contributed by atoms with Gasteiger partial charge in [0, 0.05) is 34.1 Å². The first-order valence-electron chi connectivity index (χ1n) is 7.82. The van der Waals surface area contributed by atoms with Gasteiger partial charge in [0.05, 0.1) is 5.69 Å². The van der Waals surface area contributed by atoms with Gasteiger partial charge in [-0.05, 0) is 36.4 Å². The Bertz CT molecular complexity index is 1110. The van der Waals surface area contributed by atoms with E-state index in [1.807, 2.05) is 54.1 Å². The number of nitrogens with two attached hydrogens (primary N) is 1. The highest BCUT2D eigenvalue weighted by molar-refractivity contribution is 9.10. The van der Waals surface area contributed by atoms with Crippen molar-refractivity contribution in [3.8, 4) is 11.4 Å². The number of nitrogen functional groups attached to an aromatic ring is 1. The van der Waals surface area contributed by atoms with E-state index in [0.29, 0.717) is 17.2 Å². The summed E-state index contributed by atoms with van der Waals surface area (Å²) in [5.74, 6) is 1.14. The Balaban J connectivity index is 1.68. The van der Waals surface area contributed by atoms with Gasteiger partial charge < -0.3 is 10.3 Å². The van der Waals surface area contributed by atoms with E-state index in [9.17, 15) is 0 Å². The standard InChI is InChI=1S/C18H14BrN7/c1-26-10-22-25-18(26)11-3-6-14(7-4-11)23-24-16-15-8-13(19)5-2-12(15)9-21-17(16)20/h2-10H,1H3,(H2,20,21). The van der Waals surface area contributed by atoms with Crippen molar-refractivity contribution in [3.63, 3.8) is 0 Å². The lowest BCUT2D eigenvalue weighted by Gasteiger charge is -2.05. The van der Waals surface area contributed by atoms with Crippen LogP contribution in [0.25, 0.3) is 22.2 Å². The molecule has 0 saturated heterocycles. The molecule has 0 spiro atoms. The van der Waals surface area contributed by atoms with Crippen LogP contribution >= 0.6 is 15.9 Å². The van der Waals surface area contributed by atoms with E-state index < -0.39 is 0 Å². The van der Waals surface area contributed by atoms with Gasteiger partial charge in [-0.1, -0.05) is 22.0 Å². The van der Waals surface area contributed by atoms with Gasteiger partial charge in [0.25, 0.3) is 0 Å². The van der Waals surface area contributed by atoms with Crippen molar-refractivity contribution in [1.82, 2.24) is 19.7 Å². The number of nitrogens with zero attached hydrogens (tertiary/aromatic N) is 6. The van der Waals surface area contributed by atoms with E-state index >= 15 is 0 Å². The molecule has 8 heteroatoms. The summed E-state index contributed by atoms with van der Waals surface area (Å²) in [7, 11) is 1.90. The number of rotatable bonds is 3. The van der Waals surface area contributed by atoms with Crippen LogP contribution in [0.2, 0.25) is 0 Å². The molecule has 26 heavy (non-hydrogen) atoms. The minimum atomic E-state index is 0.343. The van der Waals surface area contributed by atoms with Crippen LogP contribution in [0.1, 0.15) is 0 Å². The second-order valence-corrected chi connectivity index (χ2v) is 6.65. The van der Waals surface area contributed by atoms with Crippen LogP contribution < -0.4 is 5.73 Å². The summed E-state index contributed by atoms with van der Waals surface area (Å²) >= 11 is 3.47. The summed E-state index contributed by atoms with van der Waals surface area (Å²) in [5, 5.41) is 18.5. The third-order valence-corrected chi connectivity index (χ3v) is 4.45. The lowest BCUT2D eigenvalue weighted by atomic mass is 10.1. The predicted octanol–water partition coefficient (Wildman–Crippen LogP) is 4.79. The zero-order valence-electron chi connectivity index (χ0n) is 13.8. The van der Waals surface area contributed by atoms with Gasteiger partial charge >= 0.3 is 0 Å². The Morgan fingerprint density at radius 2 is 1.88 bits per heavy atom. The van der Waals surface area contributed by atoms with E-state index in [1.54, 1.807) is 12.5 Å². The van der Waals surface area contributed by atoms with E-state index in [4.69, 9.17) is 5.73 Å². The van der Waals surface area contributed by atoms with Gasteiger partial charge in [0.2, 0.25) is 0 Å². The molecular formula is C18H14BrN7. The quantitative estimate of drug-likeness (QED) is 0.493. The Hall–Kier alpha value is -3.13. The Kier molecular flexibility index (Phi) is 4.18. The van der Waals surface area contributed by atoms with E-state index in [2.05, 4.69) is 41.3 Å². The number of aromatic nitrogens is 4. The van der Waals surface area contributed by atoms with Crippen LogP contribution in [0.15, 0.2) is 69.7 Å². The highest BCUT2D eigenvalue weighted by Crippen LogP contribution is 2.33. The molecule has 2 aromatic heterocycles. The Morgan fingerprint density at radius 1 is 1.08 bits per heavy atom. The third-order valence-electron chi connectivity index (χ3n) is 3.96. The first-order chi connectivity index (χ1) is 12.6. The summed E-state index contributed by atoms with van der Waals surface area (Å²) in [5.41, 5.74) is 8.23. The molecule has 0 radical (unpaired) electrons. The molecule has 128 valence electrons. The van der Waals surface area contributed by atoms with Crippen molar-refractivity contribution in [2.24, 2.45) is 17.3 Å². The van der Waals surface area contributed by atoms with Gasteiger partial charge in [-0.3, -0.25) is 0 Å². The Morgan fingerprint density at radius 3 is 2.62 bits per heavy atom. The number of hydrogen-bond acceptors (Lipinski definition) is 6. The van der Waals surface area contributed by atoms with Crippen LogP contribution in [0, 0.1) is 0 Å². The number of aryl methyl sites for hydroxylation is 1. The second-order valence-electron chi connectivity index (χ2n) is 5.74. The predicted molar refractivity (Wildman–Crippen MR) is 104 cm³/mol. The lowest BCUT2D eigenvalue weighted by Crippen LogP contribution is -1.91. The normalized spacial score (nSPS) is 11.5. The zero-order valence-corrected chi connectivity index (χ0v) is 15.4. The van der Waals surface area contributed by atoms with Crippen molar-refractivity contribution in [2.75, 3.05) is 5.73 Å². The number of halogens is 1. The maximum absolute atomic E-state index is 6.01. The monoisotopic (exact) mass is 407 g/mol.